The third kappa shape index (κ3) is 2.22. The quantitative estimate of drug-likeness (QED) is 0.715. The Labute approximate surface area is 96.4 Å². The number of aryl methyl sites for hydroxylation is 1. The zero-order valence-corrected chi connectivity index (χ0v) is 9.11. The predicted octanol–water partition coefficient (Wildman–Crippen LogP) is 0.759. The van der Waals surface area contributed by atoms with Gasteiger partial charge in [-0.05, 0) is 12.1 Å². The molecular formula is C10H11FN6. The molecule has 1 aromatic carbocycles. The summed E-state index contributed by atoms with van der Waals surface area (Å²) in [5.74, 6) is -0.236. The van der Waals surface area contributed by atoms with Gasteiger partial charge in [0.05, 0.1) is 5.69 Å². The van der Waals surface area contributed by atoms with Crippen LogP contribution < -0.4 is 16.5 Å². The summed E-state index contributed by atoms with van der Waals surface area (Å²) in [6.45, 7) is 0. The van der Waals surface area contributed by atoms with E-state index < -0.39 is 5.82 Å². The average Bonchev–Trinajstić information content (AvgIpc) is 2.29. The van der Waals surface area contributed by atoms with Gasteiger partial charge in [0.1, 0.15) is 5.82 Å². The van der Waals surface area contributed by atoms with E-state index in [1.807, 2.05) is 0 Å². The zero-order chi connectivity index (χ0) is 12.4. The summed E-state index contributed by atoms with van der Waals surface area (Å²) in [7, 11) is 1.56. The number of nitrogens with one attached hydrogen (secondary N) is 2. The molecule has 0 saturated heterocycles. The number of rotatable bonds is 2. The van der Waals surface area contributed by atoms with Crippen molar-refractivity contribution in [3.63, 3.8) is 0 Å². The minimum absolute atomic E-state index is 0.00378. The van der Waals surface area contributed by atoms with Gasteiger partial charge in [0, 0.05) is 7.05 Å². The average molecular weight is 234 g/mol. The Morgan fingerprint density at radius 3 is 2.76 bits per heavy atom. The van der Waals surface area contributed by atoms with Crippen LogP contribution in [0.3, 0.4) is 0 Å². The van der Waals surface area contributed by atoms with Gasteiger partial charge in [-0.1, -0.05) is 12.1 Å². The first-order valence-electron chi connectivity index (χ1n) is 4.85. The number of halogens is 1. The van der Waals surface area contributed by atoms with Gasteiger partial charge in [0.15, 0.2) is 11.3 Å². The molecule has 0 aliphatic carbocycles. The second-order valence-corrected chi connectivity index (χ2v) is 3.40. The lowest BCUT2D eigenvalue weighted by Crippen LogP contribution is -2.25. The number of anilines is 3. The lowest BCUT2D eigenvalue weighted by Gasteiger charge is -2.07. The van der Waals surface area contributed by atoms with Crippen molar-refractivity contribution in [1.82, 2.24) is 14.8 Å². The Bertz CT molecular complexity index is 580. The van der Waals surface area contributed by atoms with Crippen LogP contribution in [0.4, 0.5) is 21.8 Å². The Morgan fingerprint density at radius 1 is 1.41 bits per heavy atom. The summed E-state index contributed by atoms with van der Waals surface area (Å²) in [6, 6.07) is 6.16. The summed E-state index contributed by atoms with van der Waals surface area (Å²) in [5.41, 5.74) is 5.78. The van der Waals surface area contributed by atoms with Crippen LogP contribution in [0.25, 0.3) is 0 Å². The van der Waals surface area contributed by atoms with Gasteiger partial charge in [-0.2, -0.15) is 4.98 Å². The van der Waals surface area contributed by atoms with Crippen molar-refractivity contribution in [2.24, 2.45) is 7.05 Å². The number of benzene rings is 1. The number of nitrogens with two attached hydrogens (primary N) is 1. The van der Waals surface area contributed by atoms with Crippen LogP contribution in [0.1, 0.15) is 0 Å². The van der Waals surface area contributed by atoms with Gasteiger partial charge in [0.25, 0.3) is 0 Å². The number of nitrogens with zero attached hydrogens (tertiary/aromatic N) is 3. The normalized spacial score (nSPS) is 10.2. The van der Waals surface area contributed by atoms with Crippen molar-refractivity contribution >= 4 is 17.5 Å². The van der Waals surface area contributed by atoms with E-state index in [4.69, 9.17) is 11.1 Å². The molecule has 2 aromatic rings. The standard InChI is InChI=1S/C10H11FN6/c1-17-9(13)8(12)15-10(16-17)14-7-5-3-2-4-6(7)11/h2-5,13H,1H3,(H3,12,14,15,16). The second-order valence-electron chi connectivity index (χ2n) is 3.40. The maximum Gasteiger partial charge on any atom is 0.247 e. The van der Waals surface area contributed by atoms with Gasteiger partial charge < -0.3 is 11.1 Å². The highest BCUT2D eigenvalue weighted by Crippen LogP contribution is 2.15. The SMILES string of the molecule is Cn1nc(Nc2ccccc2F)nc(N)c1=N. The summed E-state index contributed by atoms with van der Waals surface area (Å²) >= 11 is 0. The molecule has 2 rings (SSSR count). The first-order valence-corrected chi connectivity index (χ1v) is 4.85. The molecule has 6 nitrogen and oxygen atoms in total. The molecule has 0 bridgehead atoms. The fraction of sp³-hybridized carbons (Fsp3) is 0.100. The highest BCUT2D eigenvalue weighted by atomic mass is 19.1. The van der Waals surface area contributed by atoms with Crippen molar-refractivity contribution < 1.29 is 4.39 Å². The van der Waals surface area contributed by atoms with E-state index in [9.17, 15) is 4.39 Å². The maximum atomic E-state index is 13.4. The highest BCUT2D eigenvalue weighted by Gasteiger charge is 2.05. The summed E-state index contributed by atoms with van der Waals surface area (Å²) in [6.07, 6.45) is 0. The van der Waals surface area contributed by atoms with E-state index in [0.29, 0.717) is 0 Å². The summed E-state index contributed by atoms with van der Waals surface area (Å²) in [5, 5.41) is 14.1. The maximum absolute atomic E-state index is 13.4. The second kappa shape index (κ2) is 4.20. The van der Waals surface area contributed by atoms with Gasteiger partial charge in [-0.25, -0.2) is 9.07 Å². The molecule has 0 spiro atoms. The molecule has 1 heterocycles. The van der Waals surface area contributed by atoms with Crippen LogP contribution in [0, 0.1) is 11.2 Å². The number of aromatic nitrogens is 3. The van der Waals surface area contributed by atoms with Crippen molar-refractivity contribution in [3.8, 4) is 0 Å². The summed E-state index contributed by atoms with van der Waals surface area (Å²) in [4.78, 5) is 3.85. The molecule has 7 heteroatoms. The molecule has 17 heavy (non-hydrogen) atoms. The molecule has 0 radical (unpaired) electrons. The van der Waals surface area contributed by atoms with E-state index in [-0.39, 0.29) is 22.9 Å². The largest absolute Gasteiger partial charge is 0.380 e. The first-order chi connectivity index (χ1) is 8.08. The number of hydrogen-bond acceptors (Lipinski definition) is 5. The molecular weight excluding hydrogens is 223 g/mol. The molecule has 0 fully saturated rings. The van der Waals surface area contributed by atoms with Gasteiger partial charge in [-0.3, -0.25) is 5.41 Å². The van der Waals surface area contributed by atoms with Crippen LogP contribution in [-0.4, -0.2) is 14.8 Å². The molecule has 0 amide bonds. The number of para-hydroxylation sites is 1. The number of hydrogen-bond donors (Lipinski definition) is 3. The van der Waals surface area contributed by atoms with E-state index >= 15 is 0 Å². The predicted molar refractivity (Wildman–Crippen MR) is 61.0 cm³/mol. The summed E-state index contributed by atoms with van der Waals surface area (Å²) < 4.78 is 14.6. The molecule has 0 unspecified atom stereocenters. The molecule has 88 valence electrons. The zero-order valence-electron chi connectivity index (χ0n) is 9.11. The lowest BCUT2D eigenvalue weighted by molar-refractivity contribution is 0.630. The Balaban J connectivity index is 2.38. The molecule has 0 aliphatic heterocycles. The van der Waals surface area contributed by atoms with Crippen molar-refractivity contribution in [2.75, 3.05) is 11.1 Å². The van der Waals surface area contributed by atoms with Crippen LogP contribution >= 0.6 is 0 Å². The fourth-order valence-corrected chi connectivity index (χ4v) is 1.28. The van der Waals surface area contributed by atoms with E-state index in [1.165, 1.54) is 10.7 Å². The third-order valence-corrected chi connectivity index (χ3v) is 2.16. The van der Waals surface area contributed by atoms with Gasteiger partial charge >= 0.3 is 0 Å². The molecule has 4 N–H and O–H groups in total. The van der Waals surface area contributed by atoms with Crippen molar-refractivity contribution in [3.05, 3.63) is 35.6 Å². The minimum atomic E-state index is -0.410. The fourth-order valence-electron chi connectivity index (χ4n) is 1.28. The molecule has 0 saturated carbocycles. The van der Waals surface area contributed by atoms with Crippen molar-refractivity contribution in [2.45, 2.75) is 0 Å². The molecule has 0 aliphatic rings. The van der Waals surface area contributed by atoms with E-state index in [2.05, 4.69) is 15.4 Å². The van der Waals surface area contributed by atoms with Gasteiger partial charge in [0.2, 0.25) is 5.95 Å². The Morgan fingerprint density at radius 2 is 2.12 bits per heavy atom. The Kier molecular flexibility index (Phi) is 2.73. The van der Waals surface area contributed by atoms with Crippen LogP contribution in [0.15, 0.2) is 24.3 Å². The molecule has 1 aromatic heterocycles. The Hall–Kier alpha value is -2.44. The van der Waals surface area contributed by atoms with Crippen molar-refractivity contribution in [1.29, 1.82) is 5.41 Å². The van der Waals surface area contributed by atoms with E-state index in [0.717, 1.165) is 0 Å². The van der Waals surface area contributed by atoms with Crippen LogP contribution in [-0.2, 0) is 7.05 Å². The first kappa shape index (κ1) is 11.1. The van der Waals surface area contributed by atoms with E-state index in [1.54, 1.807) is 25.2 Å². The van der Waals surface area contributed by atoms with Crippen LogP contribution in [0.5, 0.6) is 0 Å². The minimum Gasteiger partial charge on any atom is -0.380 e. The smallest absolute Gasteiger partial charge is 0.247 e. The number of nitrogen functional groups attached to an aromatic ring is 1. The monoisotopic (exact) mass is 234 g/mol. The topological polar surface area (TPSA) is 92.6 Å². The van der Waals surface area contributed by atoms with Crippen LogP contribution in [0.2, 0.25) is 0 Å². The lowest BCUT2D eigenvalue weighted by atomic mass is 10.3. The van der Waals surface area contributed by atoms with Gasteiger partial charge in [-0.15, -0.1) is 5.10 Å². The molecule has 0 atom stereocenters. The highest BCUT2D eigenvalue weighted by molar-refractivity contribution is 5.54. The third-order valence-electron chi connectivity index (χ3n) is 2.16.